The van der Waals surface area contributed by atoms with E-state index in [1.807, 2.05) is 55.5 Å². The van der Waals surface area contributed by atoms with Crippen molar-refractivity contribution in [1.29, 1.82) is 0 Å². The minimum atomic E-state index is -0.545. The van der Waals surface area contributed by atoms with Crippen LogP contribution in [0, 0.1) is 6.92 Å². The molecule has 3 heteroatoms. The minimum absolute atomic E-state index is 0.0209. The lowest BCUT2D eigenvalue weighted by Gasteiger charge is -2.16. The molecule has 0 radical (unpaired) electrons. The number of hydrogen-bond acceptors (Lipinski definition) is 3. The van der Waals surface area contributed by atoms with Crippen LogP contribution in [0.15, 0.2) is 48.5 Å². The van der Waals surface area contributed by atoms with E-state index in [0.717, 1.165) is 22.4 Å². The number of benzene rings is 2. The average Bonchev–Trinajstić information content (AvgIpc) is 2.49. The van der Waals surface area contributed by atoms with Gasteiger partial charge in [-0.05, 0) is 18.6 Å². The van der Waals surface area contributed by atoms with E-state index in [2.05, 4.69) is 0 Å². The van der Waals surface area contributed by atoms with Crippen LogP contribution in [0.5, 0.6) is 5.75 Å². The molecule has 0 aromatic heterocycles. The lowest BCUT2D eigenvalue weighted by Crippen LogP contribution is -2.17. The zero-order valence-corrected chi connectivity index (χ0v) is 12.6. The fourth-order valence-corrected chi connectivity index (χ4v) is 2.41. The molecule has 0 amide bonds. The van der Waals surface area contributed by atoms with Gasteiger partial charge in [-0.15, -0.1) is 0 Å². The fraction of sp³-hybridized carbons (Fsp3) is 0.278. The summed E-state index contributed by atoms with van der Waals surface area (Å²) in [6, 6.07) is 15.4. The molecule has 1 atom stereocenters. The summed E-state index contributed by atoms with van der Waals surface area (Å²) in [5, 5.41) is 0. The maximum absolute atomic E-state index is 12.5. The molecule has 21 heavy (non-hydrogen) atoms. The summed E-state index contributed by atoms with van der Waals surface area (Å²) < 4.78 is 10.7. The van der Waals surface area contributed by atoms with E-state index in [-0.39, 0.29) is 12.2 Å². The highest BCUT2D eigenvalue weighted by Gasteiger charge is 2.21. The Bertz CT molecular complexity index is 605. The highest BCUT2D eigenvalue weighted by atomic mass is 16.5. The molecule has 0 fully saturated rings. The van der Waals surface area contributed by atoms with Crippen LogP contribution in [0.4, 0.5) is 0 Å². The number of ketones is 1. The topological polar surface area (TPSA) is 35.5 Å². The van der Waals surface area contributed by atoms with Crippen LogP contribution in [0.2, 0.25) is 0 Å². The van der Waals surface area contributed by atoms with Gasteiger partial charge in [-0.25, -0.2) is 0 Å². The third kappa shape index (κ3) is 3.70. The van der Waals surface area contributed by atoms with Crippen molar-refractivity contribution in [2.75, 3.05) is 14.2 Å². The molecule has 2 aromatic rings. The largest absolute Gasteiger partial charge is 0.496 e. The van der Waals surface area contributed by atoms with Gasteiger partial charge in [0.1, 0.15) is 11.9 Å². The molecule has 0 heterocycles. The molecule has 0 saturated heterocycles. The predicted octanol–water partition coefficient (Wildman–Crippen LogP) is 3.50. The molecule has 110 valence electrons. The maximum Gasteiger partial charge on any atom is 0.170 e. The second kappa shape index (κ2) is 7.04. The molecule has 3 nitrogen and oxygen atoms in total. The number of Topliss-reactive ketones (excluding diaryl/α,β-unsaturated/α-hetero) is 1. The van der Waals surface area contributed by atoms with Crippen molar-refractivity contribution in [3.63, 3.8) is 0 Å². The van der Waals surface area contributed by atoms with Crippen molar-refractivity contribution in [2.24, 2.45) is 0 Å². The molecule has 0 aliphatic rings. The Labute approximate surface area is 125 Å². The number of rotatable bonds is 6. The van der Waals surface area contributed by atoms with Gasteiger partial charge in [-0.1, -0.05) is 48.0 Å². The second-order valence-corrected chi connectivity index (χ2v) is 4.98. The SMILES string of the molecule is COc1ccc(C)cc1CC(=O)C(OC)c1ccccc1. The van der Waals surface area contributed by atoms with E-state index >= 15 is 0 Å². The van der Waals surface area contributed by atoms with E-state index in [4.69, 9.17) is 9.47 Å². The minimum Gasteiger partial charge on any atom is -0.496 e. The lowest BCUT2D eigenvalue weighted by atomic mass is 9.98. The Kier molecular flexibility index (Phi) is 5.12. The first-order valence-electron chi connectivity index (χ1n) is 6.89. The van der Waals surface area contributed by atoms with Crippen LogP contribution in [-0.4, -0.2) is 20.0 Å². The van der Waals surface area contributed by atoms with Gasteiger partial charge in [0.05, 0.1) is 7.11 Å². The molecule has 1 unspecified atom stereocenters. The van der Waals surface area contributed by atoms with Gasteiger partial charge < -0.3 is 9.47 Å². The first kappa shape index (κ1) is 15.3. The van der Waals surface area contributed by atoms with Crippen LogP contribution in [0.3, 0.4) is 0 Å². The first-order chi connectivity index (χ1) is 10.2. The molecule has 0 aliphatic carbocycles. The molecule has 0 saturated carbocycles. The summed E-state index contributed by atoms with van der Waals surface area (Å²) in [5.74, 6) is 0.754. The van der Waals surface area contributed by atoms with Crippen molar-refractivity contribution in [3.8, 4) is 5.75 Å². The van der Waals surface area contributed by atoms with E-state index < -0.39 is 6.10 Å². The normalized spacial score (nSPS) is 12.0. The highest BCUT2D eigenvalue weighted by molar-refractivity contribution is 5.87. The molecule has 0 aliphatic heterocycles. The molecular formula is C18H20O3. The molecule has 0 N–H and O–H groups in total. The zero-order valence-electron chi connectivity index (χ0n) is 12.6. The van der Waals surface area contributed by atoms with Crippen LogP contribution in [0.25, 0.3) is 0 Å². The van der Waals surface area contributed by atoms with E-state index in [1.165, 1.54) is 0 Å². The van der Waals surface area contributed by atoms with Gasteiger partial charge in [-0.3, -0.25) is 4.79 Å². The summed E-state index contributed by atoms with van der Waals surface area (Å²) in [4.78, 5) is 12.5. The molecule has 2 aromatic carbocycles. The van der Waals surface area contributed by atoms with Crippen molar-refractivity contribution < 1.29 is 14.3 Å². The van der Waals surface area contributed by atoms with Crippen LogP contribution >= 0.6 is 0 Å². The summed E-state index contributed by atoms with van der Waals surface area (Å²) in [5.41, 5.74) is 2.87. The summed E-state index contributed by atoms with van der Waals surface area (Å²) >= 11 is 0. The van der Waals surface area contributed by atoms with Crippen LogP contribution in [0.1, 0.15) is 22.8 Å². The van der Waals surface area contributed by atoms with Gasteiger partial charge in [0.15, 0.2) is 5.78 Å². The van der Waals surface area contributed by atoms with Gasteiger partial charge in [0.25, 0.3) is 0 Å². The van der Waals surface area contributed by atoms with Crippen molar-refractivity contribution in [2.45, 2.75) is 19.4 Å². The first-order valence-corrected chi connectivity index (χ1v) is 6.89. The molecular weight excluding hydrogens is 264 g/mol. The number of carbonyl (C=O) groups excluding carboxylic acids is 1. The Hall–Kier alpha value is -2.13. The third-order valence-corrected chi connectivity index (χ3v) is 3.43. The Morgan fingerprint density at radius 1 is 1.10 bits per heavy atom. The molecule has 0 spiro atoms. The standard InChI is InChI=1S/C18H20O3/c1-13-9-10-17(20-2)15(11-13)12-16(19)18(21-3)14-7-5-4-6-8-14/h4-11,18H,12H2,1-3H3. The zero-order chi connectivity index (χ0) is 15.2. The van der Waals surface area contributed by atoms with Gasteiger partial charge in [0.2, 0.25) is 0 Å². The third-order valence-electron chi connectivity index (χ3n) is 3.43. The number of carbonyl (C=O) groups is 1. The number of aryl methyl sites for hydroxylation is 1. The van der Waals surface area contributed by atoms with Crippen LogP contribution in [-0.2, 0) is 16.0 Å². The molecule has 2 rings (SSSR count). The van der Waals surface area contributed by atoms with E-state index in [1.54, 1.807) is 14.2 Å². The Morgan fingerprint density at radius 2 is 1.81 bits per heavy atom. The van der Waals surface area contributed by atoms with Gasteiger partial charge in [0, 0.05) is 19.1 Å². The van der Waals surface area contributed by atoms with Crippen molar-refractivity contribution in [3.05, 3.63) is 65.2 Å². The lowest BCUT2D eigenvalue weighted by molar-refractivity contribution is -0.128. The highest BCUT2D eigenvalue weighted by Crippen LogP contribution is 2.24. The maximum atomic E-state index is 12.5. The molecule has 0 bridgehead atoms. The summed E-state index contributed by atoms with van der Waals surface area (Å²) in [6.07, 6.45) is -0.255. The Morgan fingerprint density at radius 3 is 2.43 bits per heavy atom. The van der Waals surface area contributed by atoms with Crippen molar-refractivity contribution >= 4 is 5.78 Å². The number of hydrogen-bond donors (Lipinski definition) is 0. The van der Waals surface area contributed by atoms with Crippen LogP contribution < -0.4 is 4.74 Å². The quantitative estimate of drug-likeness (QED) is 0.814. The van der Waals surface area contributed by atoms with E-state index in [0.29, 0.717) is 0 Å². The van der Waals surface area contributed by atoms with Gasteiger partial charge in [-0.2, -0.15) is 0 Å². The average molecular weight is 284 g/mol. The number of ether oxygens (including phenoxy) is 2. The monoisotopic (exact) mass is 284 g/mol. The Balaban J connectivity index is 2.22. The second-order valence-electron chi connectivity index (χ2n) is 4.98. The van der Waals surface area contributed by atoms with E-state index in [9.17, 15) is 4.79 Å². The summed E-state index contributed by atoms with van der Waals surface area (Å²) in [7, 11) is 3.17. The predicted molar refractivity (Wildman–Crippen MR) is 82.6 cm³/mol. The fourth-order valence-electron chi connectivity index (χ4n) is 2.41. The van der Waals surface area contributed by atoms with Crippen molar-refractivity contribution in [1.82, 2.24) is 0 Å². The van der Waals surface area contributed by atoms with Gasteiger partial charge >= 0.3 is 0 Å². The smallest absolute Gasteiger partial charge is 0.170 e. The summed E-state index contributed by atoms with van der Waals surface area (Å²) in [6.45, 7) is 2.00. The number of methoxy groups -OCH3 is 2.